The van der Waals surface area contributed by atoms with Gasteiger partial charge in [0, 0.05) is 16.6 Å². The van der Waals surface area contributed by atoms with Crippen LogP contribution in [0, 0.1) is 5.92 Å². The minimum Gasteiger partial charge on any atom is -0.452 e. The molecule has 1 aromatic rings. The number of carbonyl (C=O) groups is 2. The molecule has 0 aromatic heterocycles. The summed E-state index contributed by atoms with van der Waals surface area (Å²) in [5.74, 6) is -0.186. The van der Waals surface area contributed by atoms with Gasteiger partial charge in [0.05, 0.1) is 0 Å². The lowest BCUT2D eigenvalue weighted by molar-refractivity contribution is -0.144. The van der Waals surface area contributed by atoms with Crippen LogP contribution in [0.15, 0.2) is 34.8 Å². The van der Waals surface area contributed by atoms with Gasteiger partial charge in [-0.05, 0) is 49.5 Å². The standard InChI is InChI=1S/C16H18BrNO3/c1-11(13-5-6-13)18-15(19)10-21-16(20)9-4-12-2-7-14(17)8-3-12/h2-4,7-9,11,13H,5-6,10H2,1H3,(H,18,19)/b9-4+/t11-/m0/s1. The average Bonchev–Trinajstić information content (AvgIpc) is 3.29. The van der Waals surface area contributed by atoms with Crippen LogP contribution in [0.2, 0.25) is 0 Å². The quantitative estimate of drug-likeness (QED) is 0.633. The summed E-state index contributed by atoms with van der Waals surface area (Å²) in [5, 5.41) is 2.83. The number of hydrogen-bond donors (Lipinski definition) is 1. The van der Waals surface area contributed by atoms with Crippen LogP contribution in [-0.2, 0) is 14.3 Å². The molecule has 112 valence electrons. The van der Waals surface area contributed by atoms with Crippen molar-refractivity contribution < 1.29 is 14.3 Å². The fraction of sp³-hybridized carbons (Fsp3) is 0.375. The topological polar surface area (TPSA) is 55.4 Å². The van der Waals surface area contributed by atoms with Crippen molar-refractivity contribution in [2.45, 2.75) is 25.8 Å². The highest BCUT2D eigenvalue weighted by molar-refractivity contribution is 9.10. The van der Waals surface area contributed by atoms with Crippen molar-refractivity contribution in [2.24, 2.45) is 5.92 Å². The van der Waals surface area contributed by atoms with Crippen molar-refractivity contribution in [3.8, 4) is 0 Å². The molecule has 1 atom stereocenters. The zero-order valence-corrected chi connectivity index (χ0v) is 13.4. The predicted molar refractivity (Wildman–Crippen MR) is 84.5 cm³/mol. The highest BCUT2D eigenvalue weighted by atomic mass is 79.9. The minimum absolute atomic E-state index is 0.162. The molecule has 0 spiro atoms. The van der Waals surface area contributed by atoms with Crippen molar-refractivity contribution in [3.63, 3.8) is 0 Å². The van der Waals surface area contributed by atoms with E-state index in [4.69, 9.17) is 4.74 Å². The van der Waals surface area contributed by atoms with Crippen LogP contribution in [0.5, 0.6) is 0 Å². The van der Waals surface area contributed by atoms with Gasteiger partial charge in [-0.2, -0.15) is 0 Å². The summed E-state index contributed by atoms with van der Waals surface area (Å²) in [6.07, 6.45) is 5.30. The number of halogens is 1. The molecule has 1 saturated carbocycles. The Morgan fingerprint density at radius 3 is 2.67 bits per heavy atom. The maximum Gasteiger partial charge on any atom is 0.331 e. The first kappa shape index (κ1) is 15.8. The molecular formula is C16H18BrNO3. The summed E-state index contributed by atoms with van der Waals surface area (Å²) in [5.41, 5.74) is 0.891. The zero-order valence-electron chi connectivity index (χ0n) is 11.8. The van der Waals surface area contributed by atoms with Crippen molar-refractivity contribution in [1.29, 1.82) is 0 Å². The predicted octanol–water partition coefficient (Wildman–Crippen LogP) is 2.92. The van der Waals surface area contributed by atoms with Crippen LogP contribution in [0.4, 0.5) is 0 Å². The van der Waals surface area contributed by atoms with E-state index in [1.54, 1.807) is 6.08 Å². The van der Waals surface area contributed by atoms with Crippen molar-refractivity contribution >= 4 is 33.9 Å². The van der Waals surface area contributed by atoms with Crippen LogP contribution in [-0.4, -0.2) is 24.5 Å². The second-order valence-electron chi connectivity index (χ2n) is 5.19. The summed E-state index contributed by atoms with van der Waals surface area (Å²) < 4.78 is 5.88. The van der Waals surface area contributed by atoms with Gasteiger partial charge < -0.3 is 10.1 Å². The van der Waals surface area contributed by atoms with Crippen LogP contribution in [0.25, 0.3) is 6.08 Å². The highest BCUT2D eigenvalue weighted by Gasteiger charge is 2.28. The number of rotatable bonds is 6. The summed E-state index contributed by atoms with van der Waals surface area (Å²) >= 11 is 3.34. The first-order valence-corrected chi connectivity index (χ1v) is 7.73. The van der Waals surface area contributed by atoms with Gasteiger partial charge in [-0.1, -0.05) is 28.1 Å². The van der Waals surface area contributed by atoms with Gasteiger partial charge in [0.15, 0.2) is 6.61 Å². The second kappa shape index (κ2) is 7.41. The van der Waals surface area contributed by atoms with E-state index in [2.05, 4.69) is 21.2 Å². The van der Waals surface area contributed by atoms with E-state index in [1.807, 2.05) is 31.2 Å². The molecular weight excluding hydrogens is 334 g/mol. The number of hydrogen-bond acceptors (Lipinski definition) is 3. The molecule has 2 rings (SSSR count). The van der Waals surface area contributed by atoms with E-state index >= 15 is 0 Å². The van der Waals surface area contributed by atoms with Gasteiger partial charge in [-0.15, -0.1) is 0 Å². The molecule has 0 saturated heterocycles. The molecule has 1 aliphatic rings. The van der Waals surface area contributed by atoms with E-state index in [-0.39, 0.29) is 18.6 Å². The Kier molecular flexibility index (Phi) is 5.56. The van der Waals surface area contributed by atoms with Crippen LogP contribution in [0.3, 0.4) is 0 Å². The molecule has 4 nitrogen and oxygen atoms in total. The molecule has 0 unspecified atom stereocenters. The van der Waals surface area contributed by atoms with Crippen LogP contribution >= 0.6 is 15.9 Å². The summed E-state index contributed by atoms with van der Waals surface area (Å²) in [6, 6.07) is 7.68. The molecule has 0 aliphatic heterocycles. The van der Waals surface area contributed by atoms with E-state index in [0.29, 0.717) is 5.92 Å². The first-order chi connectivity index (χ1) is 10.0. The number of amides is 1. The molecule has 21 heavy (non-hydrogen) atoms. The number of nitrogens with one attached hydrogen (secondary N) is 1. The number of esters is 1. The third-order valence-electron chi connectivity index (χ3n) is 3.35. The van der Waals surface area contributed by atoms with Gasteiger partial charge in [-0.25, -0.2) is 4.79 Å². The van der Waals surface area contributed by atoms with Crippen LogP contribution < -0.4 is 5.32 Å². The monoisotopic (exact) mass is 351 g/mol. The largest absolute Gasteiger partial charge is 0.452 e. The third kappa shape index (κ3) is 5.71. The maximum absolute atomic E-state index is 11.6. The van der Waals surface area contributed by atoms with E-state index in [1.165, 1.54) is 6.08 Å². The number of benzene rings is 1. The molecule has 1 aromatic carbocycles. The molecule has 5 heteroatoms. The van der Waals surface area contributed by atoms with Crippen LogP contribution in [0.1, 0.15) is 25.3 Å². The normalized spacial score (nSPS) is 15.7. The van der Waals surface area contributed by atoms with Gasteiger partial charge in [0.25, 0.3) is 5.91 Å². The van der Waals surface area contributed by atoms with E-state index in [9.17, 15) is 9.59 Å². The molecule has 0 radical (unpaired) electrons. The average molecular weight is 352 g/mol. The Morgan fingerprint density at radius 2 is 2.05 bits per heavy atom. The minimum atomic E-state index is -0.521. The Labute approximate surface area is 132 Å². The third-order valence-corrected chi connectivity index (χ3v) is 3.87. The molecule has 0 bridgehead atoms. The SMILES string of the molecule is C[C@H](NC(=O)COC(=O)/C=C/c1ccc(Br)cc1)C1CC1. The van der Waals surface area contributed by atoms with E-state index < -0.39 is 5.97 Å². The number of ether oxygens (including phenoxy) is 1. The Balaban J connectivity index is 1.71. The summed E-state index contributed by atoms with van der Waals surface area (Å²) in [4.78, 5) is 23.1. The summed E-state index contributed by atoms with van der Waals surface area (Å²) in [7, 11) is 0. The Morgan fingerprint density at radius 1 is 1.38 bits per heavy atom. The number of carbonyl (C=O) groups excluding carboxylic acids is 2. The van der Waals surface area contributed by atoms with Crippen molar-refractivity contribution in [1.82, 2.24) is 5.32 Å². The fourth-order valence-electron chi connectivity index (χ4n) is 1.93. The second-order valence-corrected chi connectivity index (χ2v) is 6.10. The Bertz CT molecular complexity index is 535. The zero-order chi connectivity index (χ0) is 15.2. The van der Waals surface area contributed by atoms with Crippen molar-refractivity contribution in [2.75, 3.05) is 6.61 Å². The molecule has 1 aliphatic carbocycles. The molecule has 0 heterocycles. The van der Waals surface area contributed by atoms with Gasteiger partial charge in [0.1, 0.15) is 0 Å². The molecule has 1 N–H and O–H groups in total. The fourth-order valence-corrected chi connectivity index (χ4v) is 2.20. The molecule has 1 fully saturated rings. The maximum atomic E-state index is 11.6. The van der Waals surface area contributed by atoms with Gasteiger partial charge in [0.2, 0.25) is 0 Å². The lowest BCUT2D eigenvalue weighted by Gasteiger charge is -2.12. The first-order valence-electron chi connectivity index (χ1n) is 6.94. The summed E-state index contributed by atoms with van der Waals surface area (Å²) in [6.45, 7) is 1.74. The lowest BCUT2D eigenvalue weighted by Crippen LogP contribution is -2.36. The Hall–Kier alpha value is -1.62. The van der Waals surface area contributed by atoms with Gasteiger partial charge in [-0.3, -0.25) is 4.79 Å². The lowest BCUT2D eigenvalue weighted by atomic mass is 10.2. The smallest absolute Gasteiger partial charge is 0.331 e. The van der Waals surface area contributed by atoms with Crippen molar-refractivity contribution in [3.05, 3.63) is 40.4 Å². The highest BCUT2D eigenvalue weighted by Crippen LogP contribution is 2.32. The van der Waals surface area contributed by atoms with E-state index in [0.717, 1.165) is 22.9 Å². The van der Waals surface area contributed by atoms with Gasteiger partial charge >= 0.3 is 5.97 Å². The molecule has 1 amide bonds.